The number of carbonyl (C=O) groups is 1. The molecule has 0 aliphatic carbocycles. The van der Waals surface area contributed by atoms with E-state index in [0.717, 1.165) is 79.7 Å². The van der Waals surface area contributed by atoms with Crippen molar-refractivity contribution in [1.29, 1.82) is 0 Å². The van der Waals surface area contributed by atoms with Crippen LogP contribution in [0, 0.1) is 0 Å². The van der Waals surface area contributed by atoms with Crippen LogP contribution >= 0.6 is 15.9 Å². The van der Waals surface area contributed by atoms with E-state index in [1.807, 2.05) is 12.1 Å². The van der Waals surface area contributed by atoms with E-state index in [1.165, 1.54) is 109 Å². The molecule has 0 amide bonds. The molecule has 0 unspecified atom stereocenters. The van der Waals surface area contributed by atoms with E-state index in [1.54, 1.807) is 12.1 Å². The molecular weight excluding hydrogens is 722 g/mol. The van der Waals surface area contributed by atoms with Crippen molar-refractivity contribution in [2.45, 2.75) is 67.1 Å². The number of piperazine rings is 4. The van der Waals surface area contributed by atoms with Gasteiger partial charge in [0.05, 0.1) is 5.56 Å². The summed E-state index contributed by atoms with van der Waals surface area (Å²) < 4.78 is 17.6. The molecule has 5 rings (SSSR count). The van der Waals surface area contributed by atoms with E-state index >= 15 is 0 Å². The number of nitrogens with zero attached hydrogens (tertiary/aromatic N) is 4. The largest absolute Gasteiger partial charge is 0.478 e. The Morgan fingerprint density at radius 3 is 1.23 bits per heavy atom. The molecular formula is C37H75B2BrN8O4. The minimum atomic E-state index is -0.863. The molecule has 0 atom stereocenters. The maximum Gasteiger partial charge on any atom is 0.335 e. The summed E-state index contributed by atoms with van der Waals surface area (Å²) in [6.07, 6.45) is 4.02. The van der Waals surface area contributed by atoms with Crippen molar-refractivity contribution >= 4 is 36.2 Å². The quantitative estimate of drug-likeness (QED) is 0.143. The monoisotopic (exact) mass is 797 g/mol. The fraction of sp³-hybridized carbons (Fsp3) is 0.811. The van der Waals surface area contributed by atoms with Gasteiger partial charge >= 0.3 is 43.3 Å². The molecule has 15 heteroatoms. The molecule has 1 aromatic rings. The smallest absolute Gasteiger partial charge is 0.335 e. The molecule has 0 spiro atoms. The first kappa shape index (κ1) is 52.7. The van der Waals surface area contributed by atoms with Crippen LogP contribution in [0.25, 0.3) is 0 Å². The van der Waals surface area contributed by atoms with Crippen LogP contribution in [-0.4, -0.2) is 175 Å². The molecule has 4 saturated heterocycles. The van der Waals surface area contributed by atoms with E-state index in [0.29, 0.717) is 5.56 Å². The third kappa shape index (κ3) is 33.2. The van der Waals surface area contributed by atoms with E-state index in [9.17, 15) is 4.79 Å². The van der Waals surface area contributed by atoms with Gasteiger partial charge in [0.2, 0.25) is 0 Å². The molecule has 1 aromatic carbocycles. The van der Waals surface area contributed by atoms with Crippen LogP contribution in [-0.2, 0) is 16.0 Å². The normalized spacial score (nSPS) is 17.6. The molecule has 4 aliphatic rings. The molecule has 5 N–H and O–H groups in total. The van der Waals surface area contributed by atoms with Crippen molar-refractivity contribution in [3.05, 3.63) is 35.4 Å². The van der Waals surface area contributed by atoms with Crippen LogP contribution in [0.15, 0.2) is 24.3 Å². The molecule has 4 heterocycles. The van der Waals surface area contributed by atoms with Gasteiger partial charge in [0.25, 0.3) is 0 Å². The molecule has 0 bridgehead atoms. The van der Waals surface area contributed by atoms with Crippen LogP contribution in [0.2, 0.25) is 13.6 Å². The minimum absolute atomic E-state index is 0.356. The Balaban J connectivity index is 0. The number of hydrogen-bond donors (Lipinski definition) is 5. The van der Waals surface area contributed by atoms with E-state index in [4.69, 9.17) is 14.5 Å². The number of likely N-dealkylation sites (N-methyl/N-ethyl adjacent to an activating group) is 3. The van der Waals surface area contributed by atoms with Crippen molar-refractivity contribution in [2.24, 2.45) is 0 Å². The fourth-order valence-corrected chi connectivity index (χ4v) is 5.67. The number of halogens is 1. The van der Waals surface area contributed by atoms with Gasteiger partial charge in [-0.3, -0.25) is 4.90 Å². The summed E-state index contributed by atoms with van der Waals surface area (Å²) in [6.45, 7) is 34.8. The minimum Gasteiger partial charge on any atom is -0.478 e. The summed E-state index contributed by atoms with van der Waals surface area (Å²) >= 11 is 3.35. The SMILES string of the molecule is C1CNCCN1.CB=O.CB=O.CCCCCBr.CCN1CCN(Cc2ccc(C(=O)O)cc2)CC1.CCN1CCNCC1.CCN1CCNCC1. The Morgan fingerprint density at radius 1 is 0.615 bits per heavy atom. The van der Waals surface area contributed by atoms with Crippen LogP contribution in [0.4, 0.5) is 0 Å². The van der Waals surface area contributed by atoms with Crippen LogP contribution in [0.5, 0.6) is 0 Å². The number of alkyl halides is 1. The second-order valence-electron chi connectivity index (χ2n) is 12.4. The van der Waals surface area contributed by atoms with Crippen molar-refractivity contribution in [2.75, 3.05) is 130 Å². The van der Waals surface area contributed by atoms with Gasteiger partial charge < -0.3 is 41.1 Å². The fourth-order valence-electron chi connectivity index (χ4n) is 5.28. The summed E-state index contributed by atoms with van der Waals surface area (Å²) in [5.41, 5.74) is 1.54. The van der Waals surface area contributed by atoms with Gasteiger partial charge in [-0.05, 0) is 43.8 Å². The van der Waals surface area contributed by atoms with Gasteiger partial charge in [-0.2, -0.15) is 0 Å². The first-order valence-corrected chi connectivity index (χ1v) is 20.8. The Morgan fingerprint density at radius 2 is 0.962 bits per heavy atom. The Kier molecular flexibility index (Phi) is 41.3. The molecule has 52 heavy (non-hydrogen) atoms. The Labute approximate surface area is 327 Å². The standard InChI is InChI=1S/C14H20N2O2.2C6H14N2.C5H11Br.C4H10N2.2CH3BO/c1-2-15-7-9-16(10-8-15)11-12-3-5-13(6-4-12)14(17)18;2*1-2-8-5-3-7-4-6-8;1-2-3-4-5-6;1-2-6-4-3-5-1;2*1-2-3/h3-6H,2,7-11H2,1H3,(H,17,18);2*7H,2-6H2,1H3;2-5H2,1H3;5-6H,1-4H2;2*1H3. The maximum absolute atomic E-state index is 10.8. The number of carboxylic acids is 1. The number of carboxylic acid groups (broad SMARTS) is 1. The maximum atomic E-state index is 10.8. The topological polar surface area (TPSA) is 133 Å². The van der Waals surface area contributed by atoms with Crippen molar-refractivity contribution in [3.63, 3.8) is 0 Å². The zero-order valence-electron chi connectivity index (χ0n) is 33.8. The van der Waals surface area contributed by atoms with Gasteiger partial charge in [0, 0.05) is 117 Å². The predicted octanol–water partition coefficient (Wildman–Crippen LogP) is 3.26. The number of aromatic carboxylic acids is 1. The second-order valence-corrected chi connectivity index (χ2v) is 13.2. The van der Waals surface area contributed by atoms with Gasteiger partial charge in [-0.1, -0.05) is 68.6 Å². The molecule has 4 fully saturated rings. The number of unbranched alkanes of at least 4 members (excludes halogenated alkanes) is 2. The molecule has 4 aliphatic heterocycles. The van der Waals surface area contributed by atoms with Crippen molar-refractivity contribution in [3.8, 4) is 0 Å². The second kappa shape index (κ2) is 40.8. The van der Waals surface area contributed by atoms with Gasteiger partial charge in [0.15, 0.2) is 0 Å². The van der Waals surface area contributed by atoms with Gasteiger partial charge in [-0.15, -0.1) is 0 Å². The number of nitrogens with one attached hydrogen (secondary N) is 4. The zero-order chi connectivity index (χ0) is 39.1. The van der Waals surface area contributed by atoms with E-state index < -0.39 is 5.97 Å². The molecule has 300 valence electrons. The van der Waals surface area contributed by atoms with Gasteiger partial charge in [-0.25, -0.2) is 4.79 Å². The molecule has 0 aromatic heterocycles. The van der Waals surface area contributed by atoms with Crippen LogP contribution in [0.3, 0.4) is 0 Å². The zero-order valence-corrected chi connectivity index (χ0v) is 35.4. The number of rotatable bonds is 9. The summed E-state index contributed by atoms with van der Waals surface area (Å²) in [6, 6.07) is 7.19. The molecule has 0 radical (unpaired) electrons. The average Bonchev–Trinajstić information content (AvgIpc) is 3.20. The third-order valence-corrected chi connectivity index (χ3v) is 9.09. The third-order valence-electron chi connectivity index (χ3n) is 8.53. The molecule has 0 saturated carbocycles. The Hall–Kier alpha value is -1.42. The summed E-state index contributed by atoms with van der Waals surface area (Å²) in [5, 5.41) is 23.1. The summed E-state index contributed by atoms with van der Waals surface area (Å²) in [5.74, 6) is -0.863. The Bertz CT molecular complexity index is 880. The van der Waals surface area contributed by atoms with Crippen LogP contribution in [0.1, 0.15) is 62.9 Å². The summed E-state index contributed by atoms with van der Waals surface area (Å²) in [4.78, 5) is 20.5. The number of benzene rings is 1. The average molecular weight is 798 g/mol. The van der Waals surface area contributed by atoms with Crippen LogP contribution < -0.4 is 21.3 Å². The van der Waals surface area contributed by atoms with E-state index in [2.05, 4.69) is 84.5 Å². The van der Waals surface area contributed by atoms with E-state index in [-0.39, 0.29) is 0 Å². The van der Waals surface area contributed by atoms with Crippen molar-refractivity contribution in [1.82, 2.24) is 40.9 Å². The van der Waals surface area contributed by atoms with Crippen molar-refractivity contribution < 1.29 is 19.3 Å². The summed E-state index contributed by atoms with van der Waals surface area (Å²) in [7, 11) is 1.50. The predicted molar refractivity (Wildman–Crippen MR) is 224 cm³/mol. The number of hydrogen-bond acceptors (Lipinski definition) is 11. The first-order chi connectivity index (χ1) is 25.3. The first-order valence-electron chi connectivity index (χ1n) is 19.7. The molecule has 12 nitrogen and oxygen atoms in total. The van der Waals surface area contributed by atoms with Gasteiger partial charge in [0.1, 0.15) is 0 Å².